The van der Waals surface area contributed by atoms with Gasteiger partial charge in [-0.1, -0.05) is 20.3 Å². The van der Waals surface area contributed by atoms with Gasteiger partial charge in [-0.15, -0.1) is 0 Å². The van der Waals surface area contributed by atoms with E-state index in [-0.39, 0.29) is 18.5 Å². The van der Waals surface area contributed by atoms with Crippen LogP contribution in [-0.2, 0) is 0 Å². The van der Waals surface area contributed by atoms with Gasteiger partial charge in [-0.05, 0) is 12.3 Å². The molecule has 3 N–H and O–H groups in total. The van der Waals surface area contributed by atoms with Gasteiger partial charge < -0.3 is 11.1 Å². The molecule has 86 valence electrons. The molecule has 2 nitrogen and oxygen atoms in total. The number of nitrogens with two attached hydrogens (primary N) is 1. The van der Waals surface area contributed by atoms with E-state index in [1.54, 1.807) is 0 Å². The first-order valence-corrected chi connectivity index (χ1v) is 4.91. The van der Waals surface area contributed by atoms with Gasteiger partial charge in [0.25, 0.3) is 0 Å². The number of rotatable bonds is 6. The molecule has 0 aliphatic heterocycles. The number of hydrogen-bond acceptors (Lipinski definition) is 2. The zero-order chi connectivity index (χ0) is 11.2. The molecule has 0 bridgehead atoms. The molecule has 14 heavy (non-hydrogen) atoms. The minimum atomic E-state index is -4.15. The predicted octanol–water partition coefficient (Wildman–Crippen LogP) is 1.90. The maximum absolute atomic E-state index is 11.9. The maximum Gasteiger partial charge on any atom is 0.401 e. The van der Waals surface area contributed by atoms with Crippen LogP contribution in [0.2, 0.25) is 0 Å². The Kier molecular flexibility index (Phi) is 6.11. The zero-order valence-electron chi connectivity index (χ0n) is 8.69. The summed E-state index contributed by atoms with van der Waals surface area (Å²) in [6.07, 6.45) is -2.29. The molecule has 5 heteroatoms. The fourth-order valence-corrected chi connectivity index (χ4v) is 1.42. The van der Waals surface area contributed by atoms with Crippen molar-refractivity contribution in [3.8, 4) is 0 Å². The second-order valence-electron chi connectivity index (χ2n) is 3.60. The Morgan fingerprint density at radius 3 is 2.29 bits per heavy atom. The van der Waals surface area contributed by atoms with E-state index >= 15 is 0 Å². The summed E-state index contributed by atoms with van der Waals surface area (Å²) in [5.74, 6) is 0.187. The van der Waals surface area contributed by atoms with Crippen molar-refractivity contribution in [3.63, 3.8) is 0 Å². The molecule has 2 unspecified atom stereocenters. The molecule has 0 heterocycles. The largest absolute Gasteiger partial charge is 0.401 e. The Bertz CT molecular complexity index is 147. The van der Waals surface area contributed by atoms with Gasteiger partial charge in [-0.3, -0.25) is 0 Å². The smallest absolute Gasteiger partial charge is 0.329 e. The van der Waals surface area contributed by atoms with Crippen molar-refractivity contribution in [2.45, 2.75) is 38.9 Å². The van der Waals surface area contributed by atoms with Crippen LogP contribution >= 0.6 is 0 Å². The summed E-state index contributed by atoms with van der Waals surface area (Å²) < 4.78 is 35.7. The highest BCUT2D eigenvalue weighted by Gasteiger charge is 2.28. The second-order valence-corrected chi connectivity index (χ2v) is 3.60. The van der Waals surface area contributed by atoms with E-state index in [1.807, 2.05) is 13.8 Å². The third kappa shape index (κ3) is 6.21. The topological polar surface area (TPSA) is 38.0 Å². The molecule has 0 radical (unpaired) electrons. The summed E-state index contributed by atoms with van der Waals surface area (Å²) in [7, 11) is 0. The zero-order valence-corrected chi connectivity index (χ0v) is 8.69. The van der Waals surface area contributed by atoms with Crippen molar-refractivity contribution in [2.75, 3.05) is 13.1 Å². The highest BCUT2D eigenvalue weighted by atomic mass is 19.4. The van der Waals surface area contributed by atoms with Crippen molar-refractivity contribution in [3.05, 3.63) is 0 Å². The Morgan fingerprint density at radius 1 is 1.36 bits per heavy atom. The number of hydrogen-bond donors (Lipinski definition) is 2. The molecule has 0 aromatic heterocycles. The number of halogens is 3. The summed E-state index contributed by atoms with van der Waals surface area (Å²) in [5.41, 5.74) is 5.40. The van der Waals surface area contributed by atoms with Crippen LogP contribution < -0.4 is 11.1 Å². The molecular formula is C9H19F3N2. The minimum Gasteiger partial charge on any atom is -0.329 e. The first-order valence-electron chi connectivity index (χ1n) is 4.91. The van der Waals surface area contributed by atoms with Crippen molar-refractivity contribution in [2.24, 2.45) is 11.7 Å². The number of alkyl halides is 3. The standard InChI is InChI=1S/C9H19F3N2/c1-3-4-7(2)8(5-13)14-6-9(10,11)12/h7-8,14H,3-6,13H2,1-2H3. The second kappa shape index (κ2) is 6.24. The van der Waals surface area contributed by atoms with Crippen molar-refractivity contribution < 1.29 is 13.2 Å². The molecule has 0 aliphatic rings. The highest BCUT2D eigenvalue weighted by Crippen LogP contribution is 2.15. The van der Waals surface area contributed by atoms with Crippen molar-refractivity contribution in [1.82, 2.24) is 5.32 Å². The summed E-state index contributed by atoms with van der Waals surface area (Å²) in [4.78, 5) is 0. The van der Waals surface area contributed by atoms with Gasteiger partial charge in [0, 0.05) is 12.6 Å². The van der Waals surface area contributed by atoms with Crippen LogP contribution in [0.4, 0.5) is 13.2 Å². The fourth-order valence-electron chi connectivity index (χ4n) is 1.42. The lowest BCUT2D eigenvalue weighted by atomic mass is 9.97. The normalized spacial score (nSPS) is 16.7. The van der Waals surface area contributed by atoms with Crippen LogP contribution in [0.15, 0.2) is 0 Å². The molecule has 0 amide bonds. The molecule has 0 spiro atoms. The molecule has 0 fully saturated rings. The Balaban J connectivity index is 3.90. The minimum absolute atomic E-state index is 0.187. The molecule has 0 saturated heterocycles. The van der Waals surface area contributed by atoms with E-state index < -0.39 is 12.7 Å². The third-order valence-corrected chi connectivity index (χ3v) is 2.25. The van der Waals surface area contributed by atoms with E-state index in [9.17, 15) is 13.2 Å². The molecule has 0 aromatic carbocycles. The van der Waals surface area contributed by atoms with Crippen LogP contribution in [0.3, 0.4) is 0 Å². The van der Waals surface area contributed by atoms with Gasteiger partial charge in [0.05, 0.1) is 6.54 Å². The molecule has 2 atom stereocenters. The summed E-state index contributed by atoms with van der Waals surface area (Å²) >= 11 is 0. The van der Waals surface area contributed by atoms with E-state index in [0.29, 0.717) is 0 Å². The predicted molar refractivity (Wildman–Crippen MR) is 51.0 cm³/mol. The highest BCUT2D eigenvalue weighted by molar-refractivity contribution is 4.75. The van der Waals surface area contributed by atoms with Crippen LogP contribution in [0.1, 0.15) is 26.7 Å². The van der Waals surface area contributed by atoms with Gasteiger partial charge in [0.2, 0.25) is 0 Å². The average molecular weight is 212 g/mol. The Labute approximate surface area is 83.0 Å². The summed E-state index contributed by atoms with van der Waals surface area (Å²) in [5, 5.41) is 2.44. The summed E-state index contributed by atoms with van der Waals surface area (Å²) in [6.45, 7) is 3.22. The van der Waals surface area contributed by atoms with Gasteiger partial charge in [0.15, 0.2) is 0 Å². The van der Waals surface area contributed by atoms with Gasteiger partial charge in [-0.25, -0.2) is 0 Å². The van der Waals surface area contributed by atoms with Crippen molar-refractivity contribution >= 4 is 0 Å². The summed E-state index contributed by atoms with van der Waals surface area (Å²) in [6, 6.07) is -0.239. The lowest BCUT2D eigenvalue weighted by Gasteiger charge is -2.24. The van der Waals surface area contributed by atoms with Crippen molar-refractivity contribution in [1.29, 1.82) is 0 Å². The lowest BCUT2D eigenvalue weighted by molar-refractivity contribution is -0.126. The van der Waals surface area contributed by atoms with E-state index in [4.69, 9.17) is 5.73 Å². The molecular weight excluding hydrogens is 193 g/mol. The van der Waals surface area contributed by atoms with Crippen LogP contribution in [-0.4, -0.2) is 25.3 Å². The van der Waals surface area contributed by atoms with Gasteiger partial charge >= 0.3 is 6.18 Å². The number of nitrogens with one attached hydrogen (secondary N) is 1. The monoisotopic (exact) mass is 212 g/mol. The SMILES string of the molecule is CCCC(C)C(CN)NCC(F)(F)F. The Morgan fingerprint density at radius 2 is 1.93 bits per heavy atom. The first-order chi connectivity index (χ1) is 6.40. The van der Waals surface area contributed by atoms with Crippen LogP contribution in [0.25, 0.3) is 0 Å². The van der Waals surface area contributed by atoms with E-state index in [1.165, 1.54) is 0 Å². The van der Waals surface area contributed by atoms with Gasteiger partial charge in [0.1, 0.15) is 0 Å². The molecule has 0 aromatic rings. The quantitative estimate of drug-likeness (QED) is 0.705. The van der Waals surface area contributed by atoms with Crippen LogP contribution in [0.5, 0.6) is 0 Å². The first kappa shape index (κ1) is 13.7. The maximum atomic E-state index is 11.9. The third-order valence-electron chi connectivity index (χ3n) is 2.25. The van der Waals surface area contributed by atoms with Crippen LogP contribution in [0, 0.1) is 5.92 Å². The molecule has 0 saturated carbocycles. The lowest BCUT2D eigenvalue weighted by Crippen LogP contribution is -2.45. The molecule has 0 aliphatic carbocycles. The Hall–Kier alpha value is -0.290. The average Bonchev–Trinajstić information content (AvgIpc) is 2.03. The molecule has 0 rings (SSSR count). The van der Waals surface area contributed by atoms with E-state index in [0.717, 1.165) is 12.8 Å². The fraction of sp³-hybridized carbons (Fsp3) is 1.00. The van der Waals surface area contributed by atoms with E-state index in [2.05, 4.69) is 5.32 Å². The van der Waals surface area contributed by atoms with Gasteiger partial charge in [-0.2, -0.15) is 13.2 Å².